The lowest BCUT2D eigenvalue weighted by molar-refractivity contribution is 0.554. The monoisotopic (exact) mass is 417 g/mol. The number of rotatable bonds is 8. The number of hydrogen-bond donors (Lipinski definition) is 3. The molecular formula is C18H20ClN7O3. The first-order valence-corrected chi connectivity index (χ1v) is 9.08. The summed E-state index contributed by atoms with van der Waals surface area (Å²) in [6, 6.07) is 8.61. The van der Waals surface area contributed by atoms with Gasteiger partial charge in [0.2, 0.25) is 5.95 Å². The molecule has 3 rings (SSSR count). The molecule has 0 saturated carbocycles. The van der Waals surface area contributed by atoms with Gasteiger partial charge in [-0.1, -0.05) is 23.7 Å². The summed E-state index contributed by atoms with van der Waals surface area (Å²) in [6.07, 6.45) is 3.02. The van der Waals surface area contributed by atoms with E-state index in [1.54, 1.807) is 30.3 Å². The summed E-state index contributed by atoms with van der Waals surface area (Å²) >= 11 is 5.89. The van der Waals surface area contributed by atoms with Gasteiger partial charge in [-0.25, -0.2) is 14.2 Å². The molecule has 0 amide bonds. The van der Waals surface area contributed by atoms with Crippen molar-refractivity contribution in [2.24, 2.45) is 16.5 Å². The molecule has 3 aromatic rings. The highest BCUT2D eigenvalue weighted by atomic mass is 35.5. The maximum absolute atomic E-state index is 13.1. The van der Waals surface area contributed by atoms with Gasteiger partial charge in [0.15, 0.2) is 5.96 Å². The molecule has 29 heavy (non-hydrogen) atoms. The number of halogens is 1. The standard InChI is InChI=1S/C18H20ClN7O3/c19-14-3-1-12(2-4-14)9-26-17(27)24-16(23-7-6-22-15(20)21)25(18(26)28)10-13-5-8-29-11-13/h1-5,8,11H,6-7,9-10H2,(H4,20,21,22)(H,23,24,27). The van der Waals surface area contributed by atoms with E-state index in [2.05, 4.69) is 15.3 Å². The molecule has 11 heteroatoms. The Bertz CT molecular complexity index is 1100. The van der Waals surface area contributed by atoms with Crippen LogP contribution in [0.5, 0.6) is 0 Å². The average Bonchev–Trinajstić information content (AvgIpc) is 3.19. The topological polar surface area (TPSA) is 146 Å². The third kappa shape index (κ3) is 5.26. The predicted octanol–water partition coefficient (Wildman–Crippen LogP) is 0.433. The van der Waals surface area contributed by atoms with Gasteiger partial charge in [0.1, 0.15) is 0 Å². The molecule has 2 heterocycles. The van der Waals surface area contributed by atoms with Crippen molar-refractivity contribution in [1.29, 1.82) is 0 Å². The molecule has 0 bridgehead atoms. The van der Waals surface area contributed by atoms with E-state index < -0.39 is 11.4 Å². The van der Waals surface area contributed by atoms with Crippen LogP contribution in [0, 0.1) is 0 Å². The molecule has 0 saturated heterocycles. The van der Waals surface area contributed by atoms with Crippen LogP contribution in [0.25, 0.3) is 0 Å². The number of aromatic nitrogens is 3. The molecule has 0 atom stereocenters. The summed E-state index contributed by atoms with van der Waals surface area (Å²) in [5.74, 6) is 0.0771. The molecule has 0 fully saturated rings. The van der Waals surface area contributed by atoms with E-state index in [-0.39, 0.29) is 38.1 Å². The molecule has 0 radical (unpaired) electrons. The molecule has 0 spiro atoms. The molecule has 5 N–H and O–H groups in total. The molecule has 0 aliphatic heterocycles. The Kier molecular flexibility index (Phi) is 6.35. The summed E-state index contributed by atoms with van der Waals surface area (Å²) in [5.41, 5.74) is 10.9. The van der Waals surface area contributed by atoms with Crippen LogP contribution < -0.4 is 28.2 Å². The number of nitrogens with zero attached hydrogens (tertiary/aromatic N) is 4. The minimum absolute atomic E-state index is 0.0473. The Morgan fingerprint density at radius 2 is 1.83 bits per heavy atom. The highest BCUT2D eigenvalue weighted by molar-refractivity contribution is 6.30. The highest BCUT2D eigenvalue weighted by Crippen LogP contribution is 2.10. The van der Waals surface area contributed by atoms with Crippen molar-refractivity contribution in [3.63, 3.8) is 0 Å². The van der Waals surface area contributed by atoms with Crippen molar-refractivity contribution in [2.45, 2.75) is 13.1 Å². The third-order valence-electron chi connectivity index (χ3n) is 4.01. The molecule has 0 aliphatic carbocycles. The maximum Gasteiger partial charge on any atom is 0.355 e. The second-order valence-corrected chi connectivity index (χ2v) is 6.60. The van der Waals surface area contributed by atoms with Crippen molar-refractivity contribution < 1.29 is 4.42 Å². The van der Waals surface area contributed by atoms with Gasteiger partial charge in [-0.3, -0.25) is 9.56 Å². The fourth-order valence-electron chi connectivity index (χ4n) is 2.63. The minimum atomic E-state index is -0.669. The summed E-state index contributed by atoms with van der Waals surface area (Å²) in [7, 11) is 0. The van der Waals surface area contributed by atoms with Gasteiger partial charge in [0.25, 0.3) is 0 Å². The van der Waals surface area contributed by atoms with Gasteiger partial charge in [0, 0.05) is 17.1 Å². The van der Waals surface area contributed by atoms with Crippen molar-refractivity contribution in [3.05, 3.63) is 80.0 Å². The van der Waals surface area contributed by atoms with Gasteiger partial charge in [-0.15, -0.1) is 0 Å². The van der Waals surface area contributed by atoms with Crippen LogP contribution in [0.4, 0.5) is 5.95 Å². The first-order chi connectivity index (χ1) is 13.9. The van der Waals surface area contributed by atoms with Crippen LogP contribution in [0.3, 0.4) is 0 Å². The number of guanidine groups is 1. The molecule has 1 aromatic carbocycles. The van der Waals surface area contributed by atoms with Gasteiger partial charge in [-0.2, -0.15) is 4.98 Å². The normalized spacial score (nSPS) is 10.7. The van der Waals surface area contributed by atoms with Gasteiger partial charge >= 0.3 is 11.4 Å². The SMILES string of the molecule is NC(N)=NCCNc1nc(=O)n(Cc2ccc(Cl)cc2)c(=O)n1Cc1ccoc1. The number of furan rings is 1. The Morgan fingerprint density at radius 1 is 1.10 bits per heavy atom. The van der Waals surface area contributed by atoms with E-state index in [0.717, 1.165) is 15.7 Å². The lowest BCUT2D eigenvalue weighted by Gasteiger charge is -2.14. The molecule has 10 nitrogen and oxygen atoms in total. The fourth-order valence-corrected chi connectivity index (χ4v) is 2.76. The van der Waals surface area contributed by atoms with Crippen LogP contribution in [-0.4, -0.2) is 33.2 Å². The van der Waals surface area contributed by atoms with Crippen molar-refractivity contribution in [1.82, 2.24) is 14.1 Å². The van der Waals surface area contributed by atoms with E-state index in [1.807, 2.05) is 0 Å². The average molecular weight is 418 g/mol. The van der Waals surface area contributed by atoms with Crippen LogP contribution in [0.2, 0.25) is 5.02 Å². The zero-order chi connectivity index (χ0) is 20.8. The minimum Gasteiger partial charge on any atom is -0.472 e. The molecule has 0 unspecified atom stereocenters. The van der Waals surface area contributed by atoms with E-state index >= 15 is 0 Å². The first-order valence-electron chi connectivity index (χ1n) is 8.70. The van der Waals surface area contributed by atoms with Gasteiger partial charge in [0.05, 0.1) is 32.2 Å². The lowest BCUT2D eigenvalue weighted by Crippen LogP contribution is -2.43. The smallest absolute Gasteiger partial charge is 0.355 e. The second-order valence-electron chi connectivity index (χ2n) is 6.16. The number of benzene rings is 1. The fraction of sp³-hybridized carbons (Fsp3) is 0.222. The van der Waals surface area contributed by atoms with Crippen LogP contribution in [-0.2, 0) is 13.1 Å². The lowest BCUT2D eigenvalue weighted by atomic mass is 10.2. The third-order valence-corrected chi connectivity index (χ3v) is 4.27. The van der Waals surface area contributed by atoms with Crippen molar-refractivity contribution in [2.75, 3.05) is 18.4 Å². The van der Waals surface area contributed by atoms with Gasteiger partial charge in [-0.05, 0) is 23.8 Å². The summed E-state index contributed by atoms with van der Waals surface area (Å²) in [5, 5.41) is 3.50. The summed E-state index contributed by atoms with van der Waals surface area (Å²) in [4.78, 5) is 33.5. The van der Waals surface area contributed by atoms with Crippen LogP contribution in [0.15, 0.2) is 61.9 Å². The summed E-state index contributed by atoms with van der Waals surface area (Å²) < 4.78 is 7.49. The quantitative estimate of drug-likeness (QED) is 0.273. The second kappa shape index (κ2) is 9.11. The number of hydrogen-bond acceptors (Lipinski definition) is 6. The number of nitrogens with one attached hydrogen (secondary N) is 1. The van der Waals surface area contributed by atoms with E-state index in [1.165, 1.54) is 17.1 Å². The molecule has 152 valence electrons. The Hall–Kier alpha value is -3.53. The number of aliphatic imine (C=N–C) groups is 1. The zero-order valence-electron chi connectivity index (χ0n) is 15.4. The largest absolute Gasteiger partial charge is 0.472 e. The zero-order valence-corrected chi connectivity index (χ0v) is 16.2. The number of anilines is 1. The van der Waals surface area contributed by atoms with Crippen molar-refractivity contribution in [3.8, 4) is 0 Å². The van der Waals surface area contributed by atoms with E-state index in [9.17, 15) is 9.59 Å². The number of nitrogens with two attached hydrogens (primary N) is 2. The Morgan fingerprint density at radius 3 is 2.48 bits per heavy atom. The first kappa shape index (κ1) is 20.2. The molecular weight excluding hydrogens is 398 g/mol. The molecule has 0 aliphatic rings. The van der Waals surface area contributed by atoms with E-state index in [0.29, 0.717) is 5.02 Å². The maximum atomic E-state index is 13.1. The van der Waals surface area contributed by atoms with Crippen LogP contribution >= 0.6 is 11.6 Å². The summed E-state index contributed by atoms with van der Waals surface area (Å²) in [6.45, 7) is 0.795. The van der Waals surface area contributed by atoms with E-state index in [4.69, 9.17) is 27.5 Å². The predicted molar refractivity (Wildman–Crippen MR) is 110 cm³/mol. The Balaban J connectivity index is 1.95. The van der Waals surface area contributed by atoms with Crippen LogP contribution in [0.1, 0.15) is 11.1 Å². The van der Waals surface area contributed by atoms with Crippen molar-refractivity contribution >= 4 is 23.5 Å². The Labute approximate surface area is 170 Å². The van der Waals surface area contributed by atoms with Gasteiger partial charge < -0.3 is 21.2 Å². The highest BCUT2D eigenvalue weighted by Gasteiger charge is 2.14. The molecule has 2 aromatic heterocycles.